The fraction of sp³-hybridized carbons (Fsp3) is 0.571. The molecule has 4 heteroatoms. The molecule has 0 bridgehead atoms. The van der Waals surface area contributed by atoms with Crippen LogP contribution in [-0.2, 0) is 12.0 Å². The first kappa shape index (κ1) is 21.8. The lowest BCUT2D eigenvalue weighted by atomic mass is 9.89. The average molecular weight is 434 g/mol. The van der Waals surface area contributed by atoms with Crippen LogP contribution in [-0.4, -0.2) is 56.3 Å². The highest BCUT2D eigenvalue weighted by atomic mass is 16.3. The number of likely N-dealkylation sites (N-methyl/N-ethyl adjacent to an activating group) is 1. The van der Waals surface area contributed by atoms with Crippen LogP contribution in [0.2, 0.25) is 0 Å². The monoisotopic (exact) mass is 433 g/mol. The highest BCUT2D eigenvalue weighted by molar-refractivity contribution is 5.55. The first-order valence-corrected chi connectivity index (χ1v) is 12.7. The normalized spacial score (nSPS) is 24.1. The molecule has 1 atom stereocenters. The third-order valence-electron chi connectivity index (χ3n) is 8.06. The van der Waals surface area contributed by atoms with E-state index in [2.05, 4.69) is 70.3 Å². The molecule has 2 saturated heterocycles. The molecule has 2 aliphatic heterocycles. The highest BCUT2D eigenvalue weighted by Crippen LogP contribution is 2.39. The zero-order chi connectivity index (χ0) is 22.0. The lowest BCUT2D eigenvalue weighted by Crippen LogP contribution is -2.45. The molecule has 1 aliphatic carbocycles. The Morgan fingerprint density at radius 1 is 0.844 bits per heavy atom. The molecule has 5 rings (SSSR count). The number of para-hydroxylation sites is 1. The molecule has 1 N–H and O–H groups in total. The number of rotatable bonds is 5. The van der Waals surface area contributed by atoms with Crippen molar-refractivity contribution in [3.63, 3.8) is 0 Å². The van der Waals surface area contributed by atoms with Crippen molar-refractivity contribution in [3.05, 3.63) is 59.7 Å². The summed E-state index contributed by atoms with van der Waals surface area (Å²) in [5.41, 5.74) is 4.80. The molecule has 2 heterocycles. The number of piperazine rings is 1. The molecule has 172 valence electrons. The Morgan fingerprint density at radius 3 is 2.31 bits per heavy atom. The van der Waals surface area contributed by atoms with Gasteiger partial charge in [-0.15, -0.1) is 0 Å². The fourth-order valence-corrected chi connectivity index (χ4v) is 6.05. The van der Waals surface area contributed by atoms with Gasteiger partial charge in [0.15, 0.2) is 0 Å². The lowest BCUT2D eigenvalue weighted by Gasteiger charge is -2.37. The molecule has 0 radical (unpaired) electrons. The molecule has 0 amide bonds. The van der Waals surface area contributed by atoms with E-state index in [-0.39, 0.29) is 0 Å². The van der Waals surface area contributed by atoms with Gasteiger partial charge in [0.05, 0.1) is 5.60 Å². The van der Waals surface area contributed by atoms with E-state index >= 15 is 0 Å². The maximum absolute atomic E-state index is 10.9. The highest BCUT2D eigenvalue weighted by Gasteiger charge is 2.33. The summed E-state index contributed by atoms with van der Waals surface area (Å²) in [5.74, 6) is 0.691. The first-order valence-electron chi connectivity index (χ1n) is 12.7. The second kappa shape index (κ2) is 9.44. The van der Waals surface area contributed by atoms with Crippen LogP contribution in [0.25, 0.3) is 0 Å². The predicted molar refractivity (Wildman–Crippen MR) is 134 cm³/mol. The van der Waals surface area contributed by atoms with Crippen molar-refractivity contribution < 1.29 is 5.11 Å². The summed E-state index contributed by atoms with van der Waals surface area (Å²) in [6.45, 7) is 6.82. The number of hydrogen-bond donors (Lipinski definition) is 1. The molecule has 2 aromatic carbocycles. The van der Waals surface area contributed by atoms with Gasteiger partial charge in [0.2, 0.25) is 0 Å². The molecular formula is C28H39N3O. The van der Waals surface area contributed by atoms with Gasteiger partial charge in [0, 0.05) is 50.6 Å². The molecule has 3 aliphatic rings. The van der Waals surface area contributed by atoms with Gasteiger partial charge in [-0.2, -0.15) is 0 Å². The van der Waals surface area contributed by atoms with Crippen molar-refractivity contribution in [1.29, 1.82) is 0 Å². The third-order valence-corrected chi connectivity index (χ3v) is 8.06. The number of anilines is 2. The molecule has 1 unspecified atom stereocenters. The maximum Gasteiger partial charge on any atom is 0.0896 e. The second-order valence-electron chi connectivity index (χ2n) is 10.4. The molecule has 4 nitrogen and oxygen atoms in total. The number of aliphatic hydroxyl groups is 1. The minimum Gasteiger partial charge on any atom is -0.385 e. The Balaban J connectivity index is 1.25. The van der Waals surface area contributed by atoms with Crippen molar-refractivity contribution in [2.45, 2.75) is 50.5 Å². The smallest absolute Gasteiger partial charge is 0.0896 e. The van der Waals surface area contributed by atoms with Crippen LogP contribution in [0.5, 0.6) is 0 Å². The molecular weight excluding hydrogens is 394 g/mol. The summed E-state index contributed by atoms with van der Waals surface area (Å²) in [6, 6.07) is 17.9. The summed E-state index contributed by atoms with van der Waals surface area (Å²) in [6.07, 6.45) is 7.83. The molecule has 0 spiro atoms. The van der Waals surface area contributed by atoms with Crippen molar-refractivity contribution >= 4 is 11.4 Å². The molecule has 3 fully saturated rings. The quantitative estimate of drug-likeness (QED) is 0.743. The Kier molecular flexibility index (Phi) is 6.43. The number of nitrogens with zero attached hydrogens (tertiary/aromatic N) is 3. The Labute approximate surface area is 193 Å². The largest absolute Gasteiger partial charge is 0.385 e. The number of hydrogen-bond acceptors (Lipinski definition) is 4. The maximum atomic E-state index is 10.9. The van der Waals surface area contributed by atoms with Crippen LogP contribution in [0, 0.1) is 5.92 Å². The standard InChI is InChI=1S/C28H39N3O/c1-29-17-19-30(20-18-29)27-9-3-2-8-24(27)21-23-7-6-16-31(22-23)26-12-10-25(11-13-26)28(32)14-4-5-15-28/h2-3,8-13,23,32H,4-7,14-22H2,1H3. The van der Waals surface area contributed by atoms with Crippen LogP contribution in [0.15, 0.2) is 48.5 Å². The zero-order valence-electron chi connectivity index (χ0n) is 19.7. The Hall–Kier alpha value is -2.04. The molecule has 1 saturated carbocycles. The van der Waals surface area contributed by atoms with E-state index in [1.807, 2.05) is 0 Å². The van der Waals surface area contributed by atoms with Crippen molar-refractivity contribution in [3.8, 4) is 0 Å². The fourth-order valence-electron chi connectivity index (χ4n) is 6.05. The second-order valence-corrected chi connectivity index (χ2v) is 10.4. The topological polar surface area (TPSA) is 30.0 Å². The zero-order valence-corrected chi connectivity index (χ0v) is 19.7. The van der Waals surface area contributed by atoms with Crippen LogP contribution in [0.4, 0.5) is 11.4 Å². The van der Waals surface area contributed by atoms with Gasteiger partial charge in [-0.1, -0.05) is 43.2 Å². The van der Waals surface area contributed by atoms with Crippen LogP contribution in [0.3, 0.4) is 0 Å². The Morgan fingerprint density at radius 2 is 1.56 bits per heavy atom. The number of piperidine rings is 1. The summed E-state index contributed by atoms with van der Waals surface area (Å²) in [4.78, 5) is 7.58. The van der Waals surface area contributed by atoms with Gasteiger partial charge < -0.3 is 19.8 Å². The number of benzene rings is 2. The minimum absolute atomic E-state index is 0.587. The van der Waals surface area contributed by atoms with E-state index in [4.69, 9.17) is 0 Å². The van der Waals surface area contributed by atoms with Gasteiger partial charge in [-0.3, -0.25) is 0 Å². The average Bonchev–Trinajstić information content (AvgIpc) is 3.28. The van der Waals surface area contributed by atoms with Crippen LogP contribution >= 0.6 is 0 Å². The summed E-state index contributed by atoms with van der Waals surface area (Å²) < 4.78 is 0. The molecule has 32 heavy (non-hydrogen) atoms. The first-order chi connectivity index (χ1) is 15.6. The van der Waals surface area contributed by atoms with Gasteiger partial charge >= 0.3 is 0 Å². The summed E-state index contributed by atoms with van der Waals surface area (Å²) in [5, 5.41) is 10.9. The van der Waals surface area contributed by atoms with E-state index in [9.17, 15) is 5.11 Å². The molecule has 2 aromatic rings. The van der Waals surface area contributed by atoms with Gasteiger partial charge in [-0.05, 0) is 74.4 Å². The summed E-state index contributed by atoms with van der Waals surface area (Å²) in [7, 11) is 2.22. The van der Waals surface area contributed by atoms with Gasteiger partial charge in [0.25, 0.3) is 0 Å². The Bertz CT molecular complexity index is 882. The van der Waals surface area contributed by atoms with Crippen molar-refractivity contribution in [2.75, 3.05) is 56.1 Å². The van der Waals surface area contributed by atoms with Gasteiger partial charge in [-0.25, -0.2) is 0 Å². The summed E-state index contributed by atoms with van der Waals surface area (Å²) >= 11 is 0. The van der Waals surface area contributed by atoms with Crippen molar-refractivity contribution in [1.82, 2.24) is 4.90 Å². The third kappa shape index (κ3) is 4.67. The predicted octanol–water partition coefficient (Wildman–Crippen LogP) is 4.66. The SMILES string of the molecule is CN1CCN(c2ccccc2CC2CCCN(c3ccc(C4(O)CCCC4)cc3)C2)CC1. The van der Waals surface area contributed by atoms with Crippen LogP contribution < -0.4 is 9.80 Å². The van der Waals surface area contributed by atoms with Crippen molar-refractivity contribution in [2.24, 2.45) is 5.92 Å². The van der Waals surface area contributed by atoms with E-state index < -0.39 is 5.60 Å². The lowest BCUT2D eigenvalue weighted by molar-refractivity contribution is 0.0445. The van der Waals surface area contributed by atoms with E-state index in [0.717, 1.165) is 76.9 Å². The molecule has 0 aromatic heterocycles. The minimum atomic E-state index is -0.587. The van der Waals surface area contributed by atoms with Gasteiger partial charge in [0.1, 0.15) is 0 Å². The van der Waals surface area contributed by atoms with E-state index in [0.29, 0.717) is 5.92 Å². The van der Waals surface area contributed by atoms with E-state index in [1.54, 1.807) is 0 Å². The van der Waals surface area contributed by atoms with E-state index in [1.165, 1.54) is 29.8 Å². The van der Waals surface area contributed by atoms with Crippen LogP contribution in [0.1, 0.15) is 49.7 Å².